The van der Waals surface area contributed by atoms with Gasteiger partial charge in [0.25, 0.3) is 0 Å². The summed E-state index contributed by atoms with van der Waals surface area (Å²) in [7, 11) is 0. The van der Waals surface area contributed by atoms with Gasteiger partial charge in [-0.3, -0.25) is 0 Å². The minimum absolute atomic E-state index is 0.207. The second-order valence-corrected chi connectivity index (χ2v) is 5.94. The van der Waals surface area contributed by atoms with Crippen molar-refractivity contribution in [3.05, 3.63) is 11.5 Å². The zero-order chi connectivity index (χ0) is 9.83. The maximum absolute atomic E-state index is 8.72. The fourth-order valence-electron chi connectivity index (χ4n) is 0.435. The summed E-state index contributed by atoms with van der Waals surface area (Å²) in [6.07, 6.45) is 2.12. The second-order valence-electron chi connectivity index (χ2n) is 4.41. The molecule has 0 aromatic heterocycles. The summed E-state index contributed by atoms with van der Waals surface area (Å²) < 4.78 is -0.304. The number of thioether (sulfide) groups is 1. The molecule has 0 aliphatic heterocycles. The molecule has 0 unspecified atom stereocenters. The van der Waals surface area contributed by atoms with Gasteiger partial charge in [-0.2, -0.15) is 5.26 Å². The predicted octanol–water partition coefficient (Wildman–Crippen LogP) is 3.58. The summed E-state index contributed by atoms with van der Waals surface area (Å²) in [6, 6.07) is 2.24. The van der Waals surface area contributed by atoms with Crippen LogP contribution in [0.2, 0.25) is 0 Å². The molecule has 0 aliphatic carbocycles. The summed E-state index contributed by atoms with van der Waals surface area (Å²) in [4.78, 5) is 0. The van der Waals surface area contributed by atoms with Crippen LogP contribution in [0.3, 0.4) is 0 Å². The van der Waals surface area contributed by atoms with Crippen LogP contribution in [-0.2, 0) is 0 Å². The van der Waals surface area contributed by atoms with Crippen molar-refractivity contribution in [1.82, 2.24) is 0 Å². The highest BCUT2D eigenvalue weighted by Gasteiger charge is 2.15. The third-order valence-corrected chi connectivity index (χ3v) is 2.15. The van der Waals surface area contributed by atoms with Crippen LogP contribution in [0.1, 0.15) is 34.6 Å². The van der Waals surface area contributed by atoms with E-state index in [0.29, 0.717) is 0 Å². The van der Waals surface area contributed by atoms with Gasteiger partial charge in [-0.05, 0) is 24.7 Å². The Labute approximate surface area is 79.8 Å². The average molecular weight is 183 g/mol. The minimum Gasteiger partial charge on any atom is -0.197 e. The van der Waals surface area contributed by atoms with Crippen molar-refractivity contribution in [3.63, 3.8) is 0 Å². The van der Waals surface area contributed by atoms with E-state index in [1.54, 1.807) is 11.8 Å². The number of allylic oxidation sites excluding steroid dienone is 1. The number of hydrogen-bond acceptors (Lipinski definition) is 2. The molecule has 0 N–H and O–H groups in total. The van der Waals surface area contributed by atoms with Gasteiger partial charge in [0.15, 0.2) is 0 Å². The standard InChI is InChI=1S/C10H17NS/c1-9(2,3)6-7-12-10(4,5)8-11/h6-7H,1-5H3/b7-6+. The zero-order valence-corrected chi connectivity index (χ0v) is 9.33. The topological polar surface area (TPSA) is 23.8 Å². The van der Waals surface area contributed by atoms with Gasteiger partial charge in [0, 0.05) is 0 Å². The van der Waals surface area contributed by atoms with E-state index in [1.807, 2.05) is 19.3 Å². The highest BCUT2D eigenvalue weighted by molar-refractivity contribution is 8.03. The first kappa shape index (κ1) is 11.6. The first-order chi connectivity index (χ1) is 5.27. The largest absolute Gasteiger partial charge is 0.197 e. The molecule has 0 atom stereocenters. The number of rotatable bonds is 2. The highest BCUT2D eigenvalue weighted by Crippen LogP contribution is 2.26. The van der Waals surface area contributed by atoms with Crippen molar-refractivity contribution in [2.75, 3.05) is 0 Å². The Kier molecular flexibility index (Phi) is 3.86. The van der Waals surface area contributed by atoms with E-state index in [0.717, 1.165) is 0 Å². The van der Waals surface area contributed by atoms with E-state index in [4.69, 9.17) is 5.26 Å². The van der Waals surface area contributed by atoms with E-state index in [1.165, 1.54) is 0 Å². The molecule has 0 spiro atoms. The van der Waals surface area contributed by atoms with Crippen LogP contribution in [0.15, 0.2) is 11.5 Å². The molecule has 0 aromatic rings. The van der Waals surface area contributed by atoms with Gasteiger partial charge < -0.3 is 0 Å². The quantitative estimate of drug-likeness (QED) is 0.653. The van der Waals surface area contributed by atoms with Crippen LogP contribution in [-0.4, -0.2) is 4.75 Å². The summed E-state index contributed by atoms with van der Waals surface area (Å²) in [5.41, 5.74) is 0.207. The van der Waals surface area contributed by atoms with Crippen molar-refractivity contribution >= 4 is 11.8 Å². The monoisotopic (exact) mass is 183 g/mol. The highest BCUT2D eigenvalue weighted by atomic mass is 32.2. The van der Waals surface area contributed by atoms with E-state index in [-0.39, 0.29) is 10.2 Å². The molecular formula is C10H17NS. The fourth-order valence-corrected chi connectivity index (χ4v) is 1.30. The molecule has 2 heteroatoms. The van der Waals surface area contributed by atoms with Crippen LogP contribution in [0, 0.1) is 16.7 Å². The Morgan fingerprint density at radius 2 is 1.67 bits per heavy atom. The summed E-state index contributed by atoms with van der Waals surface area (Å²) in [5.74, 6) is 0. The number of nitrogens with zero attached hydrogens (tertiary/aromatic N) is 1. The molecular weight excluding hydrogens is 166 g/mol. The molecule has 0 radical (unpaired) electrons. The molecule has 0 saturated carbocycles. The summed E-state index contributed by atoms with van der Waals surface area (Å²) in [6.45, 7) is 10.3. The molecule has 0 saturated heterocycles. The average Bonchev–Trinajstić information content (AvgIpc) is 1.84. The zero-order valence-electron chi connectivity index (χ0n) is 8.51. The van der Waals surface area contributed by atoms with Crippen molar-refractivity contribution in [2.45, 2.75) is 39.4 Å². The smallest absolute Gasteiger partial charge is 0.101 e. The molecule has 1 nitrogen and oxygen atoms in total. The van der Waals surface area contributed by atoms with Crippen molar-refractivity contribution in [1.29, 1.82) is 5.26 Å². The van der Waals surface area contributed by atoms with Crippen molar-refractivity contribution in [2.24, 2.45) is 5.41 Å². The number of hydrogen-bond donors (Lipinski definition) is 0. The van der Waals surface area contributed by atoms with Crippen LogP contribution in [0.25, 0.3) is 0 Å². The third kappa shape index (κ3) is 6.30. The van der Waals surface area contributed by atoms with E-state index in [9.17, 15) is 0 Å². The van der Waals surface area contributed by atoms with Gasteiger partial charge >= 0.3 is 0 Å². The van der Waals surface area contributed by atoms with Gasteiger partial charge in [0.2, 0.25) is 0 Å². The second kappa shape index (κ2) is 4.00. The van der Waals surface area contributed by atoms with E-state index < -0.39 is 0 Å². The lowest BCUT2D eigenvalue weighted by atomic mass is 9.98. The van der Waals surface area contributed by atoms with Gasteiger partial charge in [-0.1, -0.05) is 26.8 Å². The molecule has 0 aromatic carbocycles. The molecule has 0 rings (SSSR count). The number of nitriles is 1. The Hall–Kier alpha value is -0.420. The van der Waals surface area contributed by atoms with E-state index in [2.05, 4.69) is 32.9 Å². The Morgan fingerprint density at radius 3 is 2.00 bits per heavy atom. The first-order valence-electron chi connectivity index (χ1n) is 4.04. The van der Waals surface area contributed by atoms with Crippen molar-refractivity contribution in [3.8, 4) is 6.07 Å². The minimum atomic E-state index is -0.304. The maximum atomic E-state index is 8.72. The summed E-state index contributed by atoms with van der Waals surface area (Å²) >= 11 is 1.56. The maximum Gasteiger partial charge on any atom is 0.101 e. The van der Waals surface area contributed by atoms with Gasteiger partial charge in [0.05, 0.1) is 6.07 Å². The molecule has 0 aliphatic rings. The first-order valence-corrected chi connectivity index (χ1v) is 4.92. The third-order valence-electron chi connectivity index (χ3n) is 1.20. The molecule has 0 fully saturated rings. The van der Waals surface area contributed by atoms with Crippen LogP contribution in [0.4, 0.5) is 0 Å². The van der Waals surface area contributed by atoms with Crippen LogP contribution < -0.4 is 0 Å². The van der Waals surface area contributed by atoms with Crippen LogP contribution >= 0.6 is 11.8 Å². The molecule has 0 amide bonds. The Balaban J connectivity index is 4.02. The van der Waals surface area contributed by atoms with E-state index >= 15 is 0 Å². The molecule has 12 heavy (non-hydrogen) atoms. The van der Waals surface area contributed by atoms with Crippen LogP contribution in [0.5, 0.6) is 0 Å². The normalized spacial score (nSPS) is 13.3. The Bertz CT molecular complexity index is 203. The lowest BCUT2D eigenvalue weighted by Gasteiger charge is -2.14. The van der Waals surface area contributed by atoms with Gasteiger partial charge in [-0.25, -0.2) is 0 Å². The molecule has 0 heterocycles. The van der Waals surface area contributed by atoms with Gasteiger partial charge in [0.1, 0.15) is 4.75 Å². The molecule has 68 valence electrons. The Morgan fingerprint density at radius 1 is 1.17 bits per heavy atom. The van der Waals surface area contributed by atoms with Crippen molar-refractivity contribution < 1.29 is 0 Å². The lowest BCUT2D eigenvalue weighted by Crippen LogP contribution is -2.09. The SMILES string of the molecule is CC(C)(C)/C=C/SC(C)(C)C#N. The van der Waals surface area contributed by atoms with Gasteiger partial charge in [-0.15, -0.1) is 11.8 Å². The molecule has 0 bridgehead atoms. The lowest BCUT2D eigenvalue weighted by molar-refractivity contribution is 0.545. The fraction of sp³-hybridized carbons (Fsp3) is 0.700. The predicted molar refractivity (Wildman–Crippen MR) is 55.9 cm³/mol. The summed E-state index contributed by atoms with van der Waals surface area (Å²) in [5, 5.41) is 10.7.